The molecule has 0 bridgehead atoms. The number of rotatable bonds is 4. The van der Waals surface area contributed by atoms with Crippen LogP contribution >= 0.6 is 0 Å². The van der Waals surface area contributed by atoms with Gasteiger partial charge in [0.2, 0.25) is 5.91 Å². The molecule has 3 aromatic rings. The van der Waals surface area contributed by atoms with Gasteiger partial charge >= 0.3 is 0 Å². The highest BCUT2D eigenvalue weighted by molar-refractivity contribution is 5.96. The number of aromatic nitrogens is 2. The number of amides is 2. The Kier molecular flexibility index (Phi) is 13.6. The minimum absolute atomic E-state index is 0.130. The number of hydrogen-bond donors (Lipinski definition) is 0. The molecule has 0 N–H and O–H groups in total. The number of hydrogen-bond acceptors (Lipinski definition) is 4. The van der Waals surface area contributed by atoms with Gasteiger partial charge in [0.1, 0.15) is 11.4 Å². The monoisotopic (exact) mass is 528 g/mol. The lowest BCUT2D eigenvalue weighted by atomic mass is 10.1. The highest BCUT2D eigenvalue weighted by Crippen LogP contribution is 2.26. The molecule has 7 nitrogen and oxygen atoms in total. The molecule has 0 atom stereocenters. The highest BCUT2D eigenvalue weighted by atomic mass is 19.1. The van der Waals surface area contributed by atoms with Crippen molar-refractivity contribution < 1.29 is 18.4 Å². The van der Waals surface area contributed by atoms with Gasteiger partial charge in [-0.3, -0.25) is 14.3 Å². The van der Waals surface area contributed by atoms with E-state index in [2.05, 4.69) is 5.10 Å². The van der Waals surface area contributed by atoms with Crippen molar-refractivity contribution >= 4 is 22.8 Å². The Bertz CT molecular complexity index is 1060. The fourth-order valence-electron chi connectivity index (χ4n) is 4.53. The molecule has 2 aliphatic heterocycles. The molecule has 4 heterocycles. The maximum absolute atomic E-state index is 13.7. The van der Waals surface area contributed by atoms with E-state index in [1.807, 2.05) is 56.5 Å². The molecule has 0 spiro atoms. The van der Waals surface area contributed by atoms with Gasteiger partial charge in [0.15, 0.2) is 5.76 Å². The van der Waals surface area contributed by atoms with Gasteiger partial charge in [-0.25, -0.2) is 4.39 Å². The lowest BCUT2D eigenvalue weighted by Crippen LogP contribution is -2.36. The molecule has 0 unspecified atom stereocenters. The second-order valence-electron chi connectivity index (χ2n) is 9.03. The third-order valence-electron chi connectivity index (χ3n) is 6.50. The molecule has 0 radical (unpaired) electrons. The number of halogens is 1. The predicted molar refractivity (Wildman–Crippen MR) is 151 cm³/mol. The summed E-state index contributed by atoms with van der Waals surface area (Å²) < 4.78 is 21.1. The van der Waals surface area contributed by atoms with Gasteiger partial charge in [0.05, 0.1) is 5.39 Å². The third-order valence-corrected chi connectivity index (χ3v) is 6.50. The second kappa shape index (κ2) is 16.6. The number of carbonyl (C=O) groups is 2. The van der Waals surface area contributed by atoms with Crippen LogP contribution < -0.4 is 0 Å². The van der Waals surface area contributed by atoms with Crippen LogP contribution in [0.2, 0.25) is 0 Å². The topological polar surface area (TPSA) is 71.6 Å². The van der Waals surface area contributed by atoms with E-state index in [0.717, 1.165) is 63.8 Å². The first-order valence-electron chi connectivity index (χ1n) is 14.3. The SMILES string of the molecule is CC.CC.Cc1ccc(F)c2cc(C(=O)N3CCCCC3)oc12.O=C(CCn1cccn1)N1CCCCC1. The van der Waals surface area contributed by atoms with Gasteiger partial charge in [0.25, 0.3) is 5.91 Å². The zero-order chi connectivity index (χ0) is 27.9. The average molecular weight is 529 g/mol. The quantitative estimate of drug-likeness (QED) is 0.371. The molecule has 2 aliphatic rings. The summed E-state index contributed by atoms with van der Waals surface area (Å²) in [5.74, 6) is 0.0343. The number of likely N-dealkylation sites (tertiary alicyclic amines) is 2. The van der Waals surface area contributed by atoms with Crippen LogP contribution in [0, 0.1) is 12.7 Å². The van der Waals surface area contributed by atoms with Crippen LogP contribution in [0.1, 0.15) is 88.8 Å². The van der Waals surface area contributed by atoms with Crippen molar-refractivity contribution in [2.24, 2.45) is 0 Å². The zero-order valence-electron chi connectivity index (χ0n) is 23.8. The first-order valence-corrected chi connectivity index (χ1v) is 14.3. The van der Waals surface area contributed by atoms with Crippen LogP contribution in [0.4, 0.5) is 4.39 Å². The Hall–Kier alpha value is -3.16. The Balaban J connectivity index is 0.000000241. The number of fused-ring (bicyclic) bond motifs is 1. The fourth-order valence-corrected chi connectivity index (χ4v) is 4.53. The third kappa shape index (κ3) is 8.71. The molecule has 38 heavy (non-hydrogen) atoms. The van der Waals surface area contributed by atoms with E-state index in [4.69, 9.17) is 4.42 Å². The molecule has 8 heteroatoms. The van der Waals surface area contributed by atoms with Crippen LogP contribution in [0.15, 0.2) is 41.1 Å². The molecule has 0 saturated carbocycles. The van der Waals surface area contributed by atoms with Crippen LogP contribution in [-0.4, -0.2) is 57.6 Å². The van der Waals surface area contributed by atoms with Crippen LogP contribution in [0.5, 0.6) is 0 Å². The Morgan fingerprint density at radius 2 is 1.53 bits per heavy atom. The lowest BCUT2D eigenvalue weighted by molar-refractivity contribution is -0.132. The standard InChI is InChI=1S/C15H16FNO2.C11H17N3O.2C2H6/c1-10-5-6-12(16)11-9-13(19-14(10)11)15(18)17-7-3-2-4-8-17;15-11(13-7-2-1-3-8-13)5-10-14-9-4-6-12-14;2*1-2/h5-6,9H,2-4,7-8H2,1H3;4,6,9H,1-3,5,7-8,10H2;2*1-2H3. The predicted octanol–water partition coefficient (Wildman–Crippen LogP) is 6.84. The minimum Gasteiger partial charge on any atom is -0.451 e. The zero-order valence-corrected chi connectivity index (χ0v) is 23.8. The van der Waals surface area contributed by atoms with E-state index in [1.165, 1.54) is 18.6 Å². The summed E-state index contributed by atoms with van der Waals surface area (Å²) in [6, 6.07) is 6.47. The van der Waals surface area contributed by atoms with Gasteiger partial charge in [0, 0.05) is 57.6 Å². The lowest BCUT2D eigenvalue weighted by Gasteiger charge is -2.26. The number of furan rings is 1. The Morgan fingerprint density at radius 1 is 0.921 bits per heavy atom. The smallest absolute Gasteiger partial charge is 0.289 e. The summed E-state index contributed by atoms with van der Waals surface area (Å²) in [7, 11) is 0. The van der Waals surface area contributed by atoms with E-state index < -0.39 is 0 Å². The highest BCUT2D eigenvalue weighted by Gasteiger charge is 2.23. The largest absolute Gasteiger partial charge is 0.451 e. The summed E-state index contributed by atoms with van der Waals surface area (Å²) >= 11 is 0. The summed E-state index contributed by atoms with van der Waals surface area (Å²) in [4.78, 5) is 27.8. The van der Waals surface area contributed by atoms with Crippen molar-refractivity contribution in [2.45, 2.75) is 86.1 Å². The molecule has 0 aliphatic carbocycles. The maximum atomic E-state index is 13.7. The van der Waals surface area contributed by atoms with E-state index in [9.17, 15) is 14.0 Å². The molecule has 5 rings (SSSR count). The van der Waals surface area contributed by atoms with Crippen molar-refractivity contribution in [1.82, 2.24) is 19.6 Å². The van der Waals surface area contributed by atoms with Crippen LogP contribution in [0.3, 0.4) is 0 Å². The summed E-state index contributed by atoms with van der Waals surface area (Å²) in [6.07, 6.45) is 11.0. The van der Waals surface area contributed by atoms with E-state index in [1.54, 1.807) is 17.2 Å². The number of aryl methyl sites for hydroxylation is 2. The Morgan fingerprint density at radius 3 is 2.08 bits per heavy atom. The molecule has 2 fully saturated rings. The minimum atomic E-state index is -0.345. The number of benzene rings is 1. The molecule has 2 saturated heterocycles. The van der Waals surface area contributed by atoms with Crippen molar-refractivity contribution in [2.75, 3.05) is 26.2 Å². The van der Waals surface area contributed by atoms with E-state index in [-0.39, 0.29) is 23.4 Å². The van der Waals surface area contributed by atoms with Gasteiger partial charge in [-0.15, -0.1) is 0 Å². The first kappa shape index (κ1) is 31.1. The fraction of sp³-hybridized carbons (Fsp3) is 0.567. The summed E-state index contributed by atoms with van der Waals surface area (Å²) in [6.45, 7) is 14.0. The molecule has 2 aromatic heterocycles. The van der Waals surface area contributed by atoms with Crippen molar-refractivity contribution in [3.8, 4) is 0 Å². The normalized spacial score (nSPS) is 14.9. The van der Waals surface area contributed by atoms with E-state index in [0.29, 0.717) is 23.9 Å². The van der Waals surface area contributed by atoms with Crippen molar-refractivity contribution in [3.63, 3.8) is 0 Å². The summed E-state index contributed by atoms with van der Waals surface area (Å²) in [5.41, 5.74) is 1.31. The Labute approximate surface area is 227 Å². The van der Waals surface area contributed by atoms with Gasteiger partial charge in [-0.05, 0) is 63.1 Å². The van der Waals surface area contributed by atoms with Gasteiger partial charge < -0.3 is 14.2 Å². The molecule has 210 valence electrons. The van der Waals surface area contributed by atoms with Crippen molar-refractivity contribution in [1.29, 1.82) is 0 Å². The number of nitrogens with zero attached hydrogens (tertiary/aromatic N) is 4. The first-order chi connectivity index (χ1) is 18.5. The molecule has 2 amide bonds. The van der Waals surface area contributed by atoms with Gasteiger partial charge in [-0.1, -0.05) is 33.8 Å². The summed E-state index contributed by atoms with van der Waals surface area (Å²) in [5, 5.41) is 4.47. The van der Waals surface area contributed by atoms with Crippen LogP contribution in [0.25, 0.3) is 11.0 Å². The average Bonchev–Trinajstić information content (AvgIpc) is 3.68. The van der Waals surface area contributed by atoms with Crippen LogP contribution in [-0.2, 0) is 11.3 Å². The van der Waals surface area contributed by atoms with E-state index >= 15 is 0 Å². The number of piperidine rings is 2. The van der Waals surface area contributed by atoms with Gasteiger partial charge in [-0.2, -0.15) is 5.10 Å². The molecular weight excluding hydrogens is 483 g/mol. The molecular formula is C30H45FN4O3. The maximum Gasteiger partial charge on any atom is 0.289 e. The second-order valence-corrected chi connectivity index (χ2v) is 9.03. The number of carbonyl (C=O) groups excluding carboxylic acids is 2. The molecule has 1 aromatic carbocycles. The van der Waals surface area contributed by atoms with Crippen molar-refractivity contribution in [3.05, 3.63) is 53.8 Å².